The predicted molar refractivity (Wildman–Crippen MR) is 244 cm³/mol. The molecule has 13 nitrogen and oxygen atoms in total. The number of amides is 2. The van der Waals surface area contributed by atoms with E-state index in [1.54, 1.807) is 70.5 Å². The number of rotatable bonds is 17. The Hall–Kier alpha value is -4.74. The Balaban J connectivity index is 0.000000234. The Morgan fingerprint density at radius 1 is 0.738 bits per heavy atom. The molecule has 6 aromatic rings. The number of carbonyl (C=O) groups is 2. The number of ether oxygens (including phenoxy) is 2. The summed E-state index contributed by atoms with van der Waals surface area (Å²) >= 11 is 21.2. The zero-order valence-corrected chi connectivity index (χ0v) is 38.2. The number of aliphatic hydroxyl groups excluding tert-OH is 2. The molecule has 0 spiro atoms. The Bertz CT molecular complexity index is 2390. The number of aryl methyl sites for hydroxylation is 2. The van der Waals surface area contributed by atoms with E-state index in [1.165, 1.54) is 29.8 Å². The quantitative estimate of drug-likeness (QED) is 0.0837. The first-order chi connectivity index (χ1) is 29.4. The van der Waals surface area contributed by atoms with Crippen LogP contribution in [-0.2, 0) is 0 Å². The van der Waals surface area contributed by atoms with Crippen molar-refractivity contribution in [2.24, 2.45) is 0 Å². The zero-order valence-electron chi connectivity index (χ0n) is 34.3. The number of benzene rings is 3. The van der Waals surface area contributed by atoms with E-state index in [9.17, 15) is 14.7 Å². The summed E-state index contributed by atoms with van der Waals surface area (Å²) in [5.74, 6) is 0.645. The summed E-state index contributed by atoms with van der Waals surface area (Å²) in [4.78, 5) is 33.7. The van der Waals surface area contributed by atoms with E-state index < -0.39 is 6.10 Å². The number of hydrogen-bond donors (Lipinski definition) is 2. The normalized spacial score (nSPS) is 11.4. The molecule has 1 unspecified atom stereocenters. The molecule has 3 aromatic heterocycles. The van der Waals surface area contributed by atoms with Crippen molar-refractivity contribution in [1.29, 1.82) is 0 Å². The molecule has 6 rings (SSSR count). The number of aromatic nitrogens is 5. The highest BCUT2D eigenvalue weighted by Gasteiger charge is 2.25. The molecule has 2 N–H and O–H groups in total. The lowest BCUT2D eigenvalue weighted by Gasteiger charge is -2.19. The number of nitrogens with zero attached hydrogens (tertiary/aromatic N) is 7. The molecule has 0 fully saturated rings. The van der Waals surface area contributed by atoms with Gasteiger partial charge in [-0.2, -0.15) is 0 Å². The molecule has 18 heteroatoms. The maximum Gasteiger partial charge on any atom is 0.261 e. The van der Waals surface area contributed by atoms with Crippen LogP contribution in [-0.4, -0.2) is 86.9 Å². The second kappa shape index (κ2) is 22.9. The number of pyridine rings is 1. The molecule has 0 saturated heterocycles. The Morgan fingerprint density at radius 3 is 1.66 bits per heavy atom. The lowest BCUT2D eigenvalue weighted by Crippen LogP contribution is -2.32. The molecule has 3 heterocycles. The first-order valence-electron chi connectivity index (χ1n) is 19.4. The topological polar surface area (TPSA) is 164 Å². The van der Waals surface area contributed by atoms with Gasteiger partial charge < -0.3 is 19.7 Å². The van der Waals surface area contributed by atoms with Crippen molar-refractivity contribution in [3.63, 3.8) is 0 Å². The minimum atomic E-state index is -0.932. The first kappa shape index (κ1) is 47.3. The van der Waals surface area contributed by atoms with Gasteiger partial charge in [0.1, 0.15) is 33.6 Å². The summed E-state index contributed by atoms with van der Waals surface area (Å²) < 4.78 is 10.8. The lowest BCUT2D eigenvalue weighted by molar-refractivity contribution is 0.0532. The van der Waals surface area contributed by atoms with Crippen molar-refractivity contribution in [1.82, 2.24) is 25.4 Å². The third kappa shape index (κ3) is 12.4. The highest BCUT2D eigenvalue weighted by atomic mass is 35.5. The fraction of sp³-hybridized carbons (Fsp3) is 0.326. The Kier molecular flexibility index (Phi) is 17.8. The predicted octanol–water partition coefficient (Wildman–Crippen LogP) is 10.0. The number of methoxy groups -OCH3 is 1. The highest BCUT2D eigenvalue weighted by molar-refractivity contribution is 7.19. The van der Waals surface area contributed by atoms with Gasteiger partial charge >= 0.3 is 0 Å². The molecule has 0 radical (unpaired) electrons. The van der Waals surface area contributed by atoms with Crippen LogP contribution >= 0.6 is 57.5 Å². The molecule has 0 aliphatic heterocycles. The number of hydrogen-bond acceptors (Lipinski definition) is 13. The minimum Gasteiger partial charge on any atom is -0.490 e. The zero-order chi connectivity index (χ0) is 44.1. The standard InChI is InChI=1S/C24H28ClN3O4S.C19H18Cl2N4O2S/c1-4-5-10-28(23(31)19-8-6-7-9-20(19)25)24-27-26-22(33-24)17-11-15(2)21(16(3)12-17)32-14-18(30)13-29;1-3-4-9-25(18(26)13-7-5-6-8-14(13)20)19-24-23-17(28-19)12-10-15(21)22-16(11-12)27-2/h6-9,11-12,18,29-30H,4-5,10,13-14H2,1-3H3;5-8,10-11H,3-4,9H2,1-2H3. The summed E-state index contributed by atoms with van der Waals surface area (Å²) in [6, 6.07) is 21.3. The van der Waals surface area contributed by atoms with E-state index in [0.717, 1.165) is 47.9 Å². The van der Waals surface area contributed by atoms with Crippen molar-refractivity contribution in [3.8, 4) is 32.8 Å². The van der Waals surface area contributed by atoms with Crippen molar-refractivity contribution in [2.75, 3.05) is 43.2 Å². The first-order valence-corrected chi connectivity index (χ1v) is 22.2. The fourth-order valence-electron chi connectivity index (χ4n) is 5.88. The van der Waals surface area contributed by atoms with Crippen molar-refractivity contribution in [3.05, 3.63) is 110 Å². The summed E-state index contributed by atoms with van der Waals surface area (Å²) in [7, 11) is 1.52. The number of unbranched alkanes of at least 4 members (excludes halogenated alkanes) is 2. The van der Waals surface area contributed by atoms with Gasteiger partial charge in [-0.3, -0.25) is 19.4 Å². The van der Waals surface area contributed by atoms with Gasteiger partial charge in [-0.1, -0.05) is 108 Å². The molecular formula is C43H46Cl3N7O6S2. The van der Waals surface area contributed by atoms with Crippen LogP contribution in [0.4, 0.5) is 10.3 Å². The van der Waals surface area contributed by atoms with E-state index in [2.05, 4.69) is 39.2 Å². The molecule has 0 aliphatic carbocycles. The second-order valence-electron chi connectivity index (χ2n) is 13.7. The summed E-state index contributed by atoms with van der Waals surface area (Å²) in [6.45, 7) is 8.65. The van der Waals surface area contributed by atoms with Crippen LogP contribution < -0.4 is 19.3 Å². The van der Waals surface area contributed by atoms with E-state index >= 15 is 0 Å². The summed E-state index contributed by atoms with van der Waals surface area (Å²) in [6.07, 6.45) is 2.60. The molecular weight excluding hydrogens is 881 g/mol. The maximum atomic E-state index is 13.2. The average Bonchev–Trinajstić information content (AvgIpc) is 3.95. The third-order valence-electron chi connectivity index (χ3n) is 9.02. The van der Waals surface area contributed by atoms with Crippen LogP contribution in [0.25, 0.3) is 21.1 Å². The smallest absolute Gasteiger partial charge is 0.261 e. The van der Waals surface area contributed by atoms with Gasteiger partial charge in [0, 0.05) is 30.3 Å². The van der Waals surface area contributed by atoms with Gasteiger partial charge in [-0.15, -0.1) is 20.4 Å². The summed E-state index contributed by atoms with van der Waals surface area (Å²) in [5.41, 5.74) is 4.21. The van der Waals surface area contributed by atoms with Crippen LogP contribution in [0, 0.1) is 13.8 Å². The maximum absolute atomic E-state index is 13.2. The van der Waals surface area contributed by atoms with Gasteiger partial charge in [-0.05, 0) is 80.3 Å². The van der Waals surface area contributed by atoms with Gasteiger partial charge in [0.05, 0.1) is 34.9 Å². The molecule has 1 atom stereocenters. The van der Waals surface area contributed by atoms with E-state index in [1.807, 2.05) is 26.0 Å². The number of anilines is 2. The van der Waals surface area contributed by atoms with Crippen LogP contribution in [0.5, 0.6) is 11.6 Å². The molecule has 3 aromatic carbocycles. The van der Waals surface area contributed by atoms with E-state index in [0.29, 0.717) is 71.3 Å². The third-order valence-corrected chi connectivity index (χ3v) is 11.9. The minimum absolute atomic E-state index is 0.0109. The van der Waals surface area contributed by atoms with Crippen molar-refractivity contribution < 1.29 is 29.3 Å². The van der Waals surface area contributed by atoms with Gasteiger partial charge in [0.25, 0.3) is 11.8 Å². The molecule has 322 valence electrons. The highest BCUT2D eigenvalue weighted by Crippen LogP contribution is 2.36. The SMILES string of the molecule is CCCCN(C(=O)c1ccccc1Cl)c1nnc(-c2cc(C)c(OCC(O)CO)c(C)c2)s1.CCCCN(C(=O)c1ccccc1Cl)c1nnc(-c2cc(Cl)nc(OC)c2)s1. The van der Waals surface area contributed by atoms with E-state index in [4.69, 9.17) is 49.4 Å². The number of carbonyl (C=O) groups excluding carboxylic acids is 2. The van der Waals surface area contributed by atoms with Crippen LogP contribution in [0.3, 0.4) is 0 Å². The van der Waals surface area contributed by atoms with Crippen molar-refractivity contribution in [2.45, 2.75) is 59.5 Å². The van der Waals surface area contributed by atoms with E-state index in [-0.39, 0.29) is 25.0 Å². The molecule has 61 heavy (non-hydrogen) atoms. The monoisotopic (exact) mass is 925 g/mol. The second-order valence-corrected chi connectivity index (χ2v) is 16.8. The average molecular weight is 927 g/mol. The van der Waals surface area contributed by atoms with Crippen LogP contribution in [0.15, 0.2) is 72.8 Å². The Labute approximate surface area is 377 Å². The molecule has 2 amide bonds. The van der Waals surface area contributed by atoms with Gasteiger partial charge in [0.2, 0.25) is 16.1 Å². The van der Waals surface area contributed by atoms with Crippen LogP contribution in [0.2, 0.25) is 15.2 Å². The fourth-order valence-corrected chi connectivity index (χ4v) is 8.22. The lowest BCUT2D eigenvalue weighted by atomic mass is 10.1. The molecule has 0 aliphatic rings. The summed E-state index contributed by atoms with van der Waals surface area (Å²) in [5, 5.41) is 39.1. The number of aliphatic hydroxyl groups is 2. The van der Waals surface area contributed by atoms with Crippen LogP contribution in [0.1, 0.15) is 71.4 Å². The van der Waals surface area contributed by atoms with Crippen molar-refractivity contribution >= 4 is 79.6 Å². The van der Waals surface area contributed by atoms with Gasteiger partial charge in [0.15, 0.2) is 0 Å². The molecule has 0 saturated carbocycles. The number of halogens is 3. The largest absolute Gasteiger partial charge is 0.490 e. The molecule has 0 bridgehead atoms. The Morgan fingerprint density at radius 2 is 1.21 bits per heavy atom. The van der Waals surface area contributed by atoms with Gasteiger partial charge in [-0.25, -0.2) is 4.98 Å².